The van der Waals surface area contributed by atoms with Crippen molar-refractivity contribution in [1.82, 2.24) is 9.29 Å². The Morgan fingerprint density at radius 1 is 1.10 bits per heavy atom. The molecule has 1 heterocycles. The second-order valence-corrected chi connectivity index (χ2v) is 9.57. The summed E-state index contributed by atoms with van der Waals surface area (Å²) in [4.78, 5) is 28.0. The largest absolute Gasteiger partial charge is 0.440 e. The van der Waals surface area contributed by atoms with Crippen LogP contribution in [0.2, 0.25) is 0 Å². The number of likely N-dealkylation sites (N-methyl/N-ethyl adjacent to an activating group) is 1. The van der Waals surface area contributed by atoms with Crippen LogP contribution in [0.15, 0.2) is 51.8 Å². The number of rotatable bonds is 7. The predicted molar refractivity (Wildman–Crippen MR) is 115 cm³/mol. The third kappa shape index (κ3) is 4.75. The molecule has 10 heteroatoms. The van der Waals surface area contributed by atoms with Crippen LogP contribution in [-0.4, -0.2) is 43.1 Å². The van der Waals surface area contributed by atoms with E-state index >= 15 is 0 Å². The maximum atomic E-state index is 12.7. The molecule has 1 aliphatic carbocycles. The van der Waals surface area contributed by atoms with Crippen molar-refractivity contribution < 1.29 is 22.4 Å². The van der Waals surface area contributed by atoms with Crippen LogP contribution in [0.5, 0.6) is 0 Å². The molecule has 2 aromatic carbocycles. The summed E-state index contributed by atoms with van der Waals surface area (Å²) in [6, 6.07) is 10.9. The number of nitrogens with one attached hydrogen (secondary N) is 2. The lowest BCUT2D eigenvalue weighted by atomic mass is 10.3. The number of amides is 2. The Bertz CT molecular complexity index is 1250. The van der Waals surface area contributed by atoms with E-state index in [1.807, 2.05) is 0 Å². The third-order valence-corrected chi connectivity index (χ3v) is 6.68. The van der Waals surface area contributed by atoms with Gasteiger partial charge in [0.2, 0.25) is 21.8 Å². The second-order valence-electron chi connectivity index (χ2n) is 7.52. The van der Waals surface area contributed by atoms with E-state index in [4.69, 9.17) is 4.42 Å². The van der Waals surface area contributed by atoms with Gasteiger partial charge in [-0.1, -0.05) is 0 Å². The van der Waals surface area contributed by atoms with Gasteiger partial charge in [0.05, 0.1) is 11.4 Å². The topological polar surface area (TPSA) is 122 Å². The maximum Gasteiger partial charge on any atom is 0.243 e. The summed E-state index contributed by atoms with van der Waals surface area (Å²) in [7, 11) is -2.54. The number of fused-ring (bicyclic) bond motifs is 1. The summed E-state index contributed by atoms with van der Waals surface area (Å²) >= 11 is 0. The maximum absolute atomic E-state index is 12.7. The van der Waals surface area contributed by atoms with Crippen molar-refractivity contribution >= 4 is 44.3 Å². The van der Waals surface area contributed by atoms with E-state index in [-0.39, 0.29) is 17.3 Å². The Kier molecular flexibility index (Phi) is 5.50. The van der Waals surface area contributed by atoms with Crippen molar-refractivity contribution in [2.45, 2.75) is 30.6 Å². The number of sulfonamides is 1. The molecule has 0 aliphatic heterocycles. The molecule has 3 aromatic rings. The molecule has 1 fully saturated rings. The zero-order valence-electron chi connectivity index (χ0n) is 17.1. The highest BCUT2D eigenvalue weighted by molar-refractivity contribution is 7.89. The average molecular weight is 442 g/mol. The van der Waals surface area contributed by atoms with E-state index in [1.54, 1.807) is 18.2 Å². The molecule has 2 amide bonds. The monoisotopic (exact) mass is 442 g/mol. The Labute approximate surface area is 179 Å². The smallest absolute Gasteiger partial charge is 0.243 e. The molecule has 31 heavy (non-hydrogen) atoms. The average Bonchev–Trinajstić information content (AvgIpc) is 3.47. The van der Waals surface area contributed by atoms with Crippen LogP contribution in [-0.2, 0) is 19.6 Å². The van der Waals surface area contributed by atoms with E-state index in [1.165, 1.54) is 38.2 Å². The van der Waals surface area contributed by atoms with Gasteiger partial charge in [0.1, 0.15) is 5.52 Å². The highest BCUT2D eigenvalue weighted by atomic mass is 32.2. The zero-order valence-corrected chi connectivity index (χ0v) is 17.9. The molecular weight excluding hydrogens is 420 g/mol. The van der Waals surface area contributed by atoms with Gasteiger partial charge in [0.15, 0.2) is 11.5 Å². The first-order chi connectivity index (χ1) is 14.7. The van der Waals surface area contributed by atoms with Gasteiger partial charge in [-0.2, -0.15) is 4.31 Å². The molecule has 4 rings (SSSR count). The lowest BCUT2D eigenvalue weighted by Crippen LogP contribution is -2.34. The molecule has 0 saturated heterocycles. The number of nitrogens with zero attached hydrogens (tertiary/aromatic N) is 2. The molecule has 162 valence electrons. The van der Waals surface area contributed by atoms with Crippen LogP contribution in [0.25, 0.3) is 11.1 Å². The van der Waals surface area contributed by atoms with Crippen LogP contribution in [0.4, 0.5) is 11.4 Å². The van der Waals surface area contributed by atoms with Crippen molar-refractivity contribution in [2.75, 3.05) is 24.2 Å². The third-order valence-electron chi connectivity index (χ3n) is 4.86. The minimum atomic E-state index is -3.87. The summed E-state index contributed by atoms with van der Waals surface area (Å²) in [5.41, 5.74) is 2.31. The highest BCUT2D eigenvalue weighted by Crippen LogP contribution is 2.40. The Morgan fingerprint density at radius 3 is 2.42 bits per heavy atom. The van der Waals surface area contributed by atoms with E-state index < -0.39 is 15.9 Å². The van der Waals surface area contributed by atoms with E-state index in [9.17, 15) is 18.0 Å². The summed E-state index contributed by atoms with van der Waals surface area (Å²) < 4.78 is 32.1. The number of carbonyl (C=O) groups is 2. The fourth-order valence-electron chi connectivity index (χ4n) is 3.11. The summed E-state index contributed by atoms with van der Waals surface area (Å²) in [5, 5.41) is 5.27. The molecule has 0 spiro atoms. The second kappa shape index (κ2) is 8.12. The van der Waals surface area contributed by atoms with Crippen LogP contribution < -0.4 is 10.6 Å². The van der Waals surface area contributed by atoms with Crippen molar-refractivity contribution in [1.29, 1.82) is 0 Å². The fourth-order valence-corrected chi connectivity index (χ4v) is 4.24. The van der Waals surface area contributed by atoms with Gasteiger partial charge < -0.3 is 15.1 Å². The van der Waals surface area contributed by atoms with E-state index in [0.717, 1.165) is 17.1 Å². The first kappa shape index (κ1) is 21.0. The number of anilines is 2. The number of oxazole rings is 1. The van der Waals surface area contributed by atoms with Gasteiger partial charge in [0.25, 0.3) is 0 Å². The minimum Gasteiger partial charge on any atom is -0.440 e. The number of hydrogen-bond acceptors (Lipinski definition) is 6. The molecule has 0 unspecified atom stereocenters. The minimum absolute atomic E-state index is 0.0218. The molecule has 9 nitrogen and oxygen atoms in total. The molecule has 0 atom stereocenters. The summed E-state index contributed by atoms with van der Waals surface area (Å²) in [5.74, 6) is 0.369. The first-order valence-corrected chi connectivity index (χ1v) is 11.2. The molecule has 1 aliphatic rings. The SMILES string of the molecule is CC(=O)Nc1ccc(S(=O)(=O)N(C)CC(=O)Nc2ccc3oc(C4CC4)nc3c2)cc1. The Morgan fingerprint density at radius 2 is 1.77 bits per heavy atom. The summed E-state index contributed by atoms with van der Waals surface area (Å²) in [6.07, 6.45) is 2.15. The van der Waals surface area contributed by atoms with Crippen molar-refractivity contribution in [3.8, 4) is 0 Å². The predicted octanol–water partition coefficient (Wildman–Crippen LogP) is 2.92. The zero-order chi connectivity index (χ0) is 22.2. The molecule has 0 radical (unpaired) electrons. The summed E-state index contributed by atoms with van der Waals surface area (Å²) in [6.45, 7) is 1.00. The number of hydrogen-bond donors (Lipinski definition) is 2. The van der Waals surface area contributed by atoms with Crippen molar-refractivity contribution in [3.05, 3.63) is 48.4 Å². The van der Waals surface area contributed by atoms with Gasteiger partial charge in [0, 0.05) is 31.3 Å². The number of aromatic nitrogens is 1. The molecular formula is C21H22N4O5S. The van der Waals surface area contributed by atoms with Gasteiger partial charge in [-0.05, 0) is 55.3 Å². The molecule has 2 N–H and O–H groups in total. The van der Waals surface area contributed by atoms with Crippen LogP contribution in [0, 0.1) is 0 Å². The van der Waals surface area contributed by atoms with Crippen LogP contribution in [0.1, 0.15) is 31.6 Å². The van der Waals surface area contributed by atoms with Crippen LogP contribution >= 0.6 is 0 Å². The number of carbonyl (C=O) groups excluding carboxylic acids is 2. The van der Waals surface area contributed by atoms with E-state index in [2.05, 4.69) is 15.6 Å². The van der Waals surface area contributed by atoms with Crippen molar-refractivity contribution in [2.24, 2.45) is 0 Å². The van der Waals surface area contributed by atoms with Crippen LogP contribution in [0.3, 0.4) is 0 Å². The van der Waals surface area contributed by atoms with E-state index in [0.29, 0.717) is 34.3 Å². The lowest BCUT2D eigenvalue weighted by molar-refractivity contribution is -0.116. The molecule has 0 bridgehead atoms. The van der Waals surface area contributed by atoms with Crippen molar-refractivity contribution in [3.63, 3.8) is 0 Å². The lowest BCUT2D eigenvalue weighted by Gasteiger charge is -2.17. The normalized spacial score (nSPS) is 14.0. The molecule has 1 saturated carbocycles. The standard InChI is InChI=1S/C21H22N4O5S/c1-13(26)22-15-5-8-17(9-6-15)31(28,29)25(2)12-20(27)23-16-7-10-19-18(11-16)24-21(30-19)14-3-4-14/h5-11,14H,3-4,12H2,1-2H3,(H,22,26)(H,23,27). The quantitative estimate of drug-likeness (QED) is 0.580. The van der Waals surface area contributed by atoms with Gasteiger partial charge in [-0.25, -0.2) is 13.4 Å². The number of benzene rings is 2. The fraction of sp³-hybridized carbons (Fsp3) is 0.286. The molecule has 1 aromatic heterocycles. The highest BCUT2D eigenvalue weighted by Gasteiger charge is 2.29. The Hall–Kier alpha value is -3.24. The Balaban J connectivity index is 1.41. The van der Waals surface area contributed by atoms with Gasteiger partial charge in [-0.15, -0.1) is 0 Å². The van der Waals surface area contributed by atoms with Gasteiger partial charge in [-0.3, -0.25) is 9.59 Å². The van der Waals surface area contributed by atoms with Gasteiger partial charge >= 0.3 is 0 Å². The first-order valence-electron chi connectivity index (χ1n) is 9.77.